The number of hydrogen-bond donors (Lipinski definition) is 1. The van der Waals surface area contributed by atoms with Crippen LogP contribution < -0.4 is 5.32 Å². The van der Waals surface area contributed by atoms with E-state index in [-0.39, 0.29) is 5.91 Å². The van der Waals surface area contributed by atoms with Crippen molar-refractivity contribution >= 4 is 15.9 Å². The van der Waals surface area contributed by atoms with Crippen molar-refractivity contribution in [2.75, 3.05) is 19.6 Å². The molecule has 22 heavy (non-hydrogen) atoms. The number of amides is 1. The van der Waals surface area contributed by atoms with Crippen LogP contribution in [0, 0.1) is 5.92 Å². The van der Waals surface area contributed by atoms with E-state index in [0.29, 0.717) is 36.9 Å². The zero-order valence-corrected chi connectivity index (χ0v) is 13.8. The Bertz CT molecular complexity index is 579. The van der Waals surface area contributed by atoms with Gasteiger partial charge in [0.15, 0.2) is 0 Å². The number of nitrogens with zero attached hydrogens (tertiary/aromatic N) is 1. The van der Waals surface area contributed by atoms with Gasteiger partial charge in [0.25, 0.3) is 0 Å². The Kier molecular flexibility index (Phi) is 5.97. The van der Waals surface area contributed by atoms with E-state index < -0.39 is 10.0 Å². The summed E-state index contributed by atoms with van der Waals surface area (Å²) in [7, 11) is -3.38. The first-order valence-corrected chi connectivity index (χ1v) is 9.30. The van der Waals surface area contributed by atoms with E-state index in [9.17, 15) is 13.2 Å². The lowest BCUT2D eigenvalue weighted by atomic mass is 9.98. The number of nitrogens with one attached hydrogen (secondary N) is 1. The number of benzene rings is 1. The summed E-state index contributed by atoms with van der Waals surface area (Å²) < 4.78 is 26.6. The van der Waals surface area contributed by atoms with Crippen LogP contribution in [0.3, 0.4) is 0 Å². The number of rotatable bonds is 6. The number of sulfonamides is 1. The summed E-state index contributed by atoms with van der Waals surface area (Å²) in [5.74, 6) is 0.449. The van der Waals surface area contributed by atoms with E-state index in [0.717, 1.165) is 19.3 Å². The molecule has 2 rings (SSSR count). The van der Waals surface area contributed by atoms with Gasteiger partial charge in [0, 0.05) is 26.1 Å². The Balaban J connectivity index is 1.86. The average molecular weight is 324 g/mol. The molecule has 122 valence electrons. The van der Waals surface area contributed by atoms with E-state index in [1.165, 1.54) is 0 Å². The molecule has 6 heteroatoms. The molecule has 1 fully saturated rings. The molecule has 5 nitrogen and oxygen atoms in total. The minimum Gasteiger partial charge on any atom is -0.356 e. The van der Waals surface area contributed by atoms with Gasteiger partial charge in [0.1, 0.15) is 0 Å². The largest absolute Gasteiger partial charge is 0.356 e. The smallest absolute Gasteiger partial charge is 0.243 e. The zero-order valence-electron chi connectivity index (χ0n) is 13.0. The van der Waals surface area contributed by atoms with Crippen molar-refractivity contribution in [1.82, 2.24) is 9.62 Å². The third-order valence-corrected chi connectivity index (χ3v) is 5.93. The van der Waals surface area contributed by atoms with Crippen molar-refractivity contribution in [1.29, 1.82) is 0 Å². The first kappa shape index (κ1) is 17.0. The molecule has 0 radical (unpaired) electrons. The van der Waals surface area contributed by atoms with Crippen LogP contribution in [0.25, 0.3) is 0 Å². The Morgan fingerprint density at radius 2 is 1.86 bits per heavy atom. The summed E-state index contributed by atoms with van der Waals surface area (Å²) in [6, 6.07) is 8.55. The van der Waals surface area contributed by atoms with E-state index in [1.54, 1.807) is 28.6 Å². The Labute approximate surface area is 132 Å². The van der Waals surface area contributed by atoms with Gasteiger partial charge in [0.2, 0.25) is 15.9 Å². The maximum absolute atomic E-state index is 12.5. The molecular weight excluding hydrogens is 300 g/mol. The van der Waals surface area contributed by atoms with Crippen LogP contribution >= 0.6 is 0 Å². The predicted octanol–water partition coefficient (Wildman–Crippen LogP) is 2.00. The molecule has 1 saturated heterocycles. The number of hydrogen-bond acceptors (Lipinski definition) is 3. The van der Waals surface area contributed by atoms with E-state index in [2.05, 4.69) is 5.32 Å². The summed E-state index contributed by atoms with van der Waals surface area (Å²) in [5.41, 5.74) is 0. The fourth-order valence-electron chi connectivity index (χ4n) is 2.67. The molecule has 1 heterocycles. The van der Waals surface area contributed by atoms with Crippen molar-refractivity contribution < 1.29 is 13.2 Å². The third kappa shape index (κ3) is 4.30. The van der Waals surface area contributed by atoms with E-state index >= 15 is 0 Å². The highest BCUT2D eigenvalue weighted by Gasteiger charge is 2.29. The second-order valence-electron chi connectivity index (χ2n) is 5.71. The predicted molar refractivity (Wildman–Crippen MR) is 85.8 cm³/mol. The number of carbonyl (C=O) groups excluding carboxylic acids is 1. The minimum absolute atomic E-state index is 0.0850. The van der Waals surface area contributed by atoms with Crippen LogP contribution in [0.5, 0.6) is 0 Å². The van der Waals surface area contributed by atoms with Crippen molar-refractivity contribution in [2.24, 2.45) is 5.92 Å². The Morgan fingerprint density at radius 3 is 2.45 bits per heavy atom. The molecule has 0 bridgehead atoms. The first-order chi connectivity index (χ1) is 10.5. The van der Waals surface area contributed by atoms with Gasteiger partial charge in [0.05, 0.1) is 4.90 Å². The zero-order chi connectivity index (χ0) is 16.0. The standard InChI is InChI=1S/C16H24N2O3S/c1-2-6-16(19)17-13-14-9-11-18(12-10-14)22(20,21)15-7-4-3-5-8-15/h3-5,7-8,14H,2,6,9-13H2,1H3,(H,17,19). The molecule has 0 spiro atoms. The highest BCUT2D eigenvalue weighted by molar-refractivity contribution is 7.89. The molecule has 1 aromatic carbocycles. The van der Waals surface area contributed by atoms with Crippen LogP contribution in [-0.2, 0) is 14.8 Å². The van der Waals surface area contributed by atoms with Crippen LogP contribution in [0.15, 0.2) is 35.2 Å². The van der Waals surface area contributed by atoms with Gasteiger partial charge in [-0.1, -0.05) is 25.1 Å². The average Bonchev–Trinajstić information content (AvgIpc) is 2.54. The van der Waals surface area contributed by atoms with E-state index in [4.69, 9.17) is 0 Å². The summed E-state index contributed by atoms with van der Waals surface area (Å²) in [5, 5.41) is 2.93. The molecule has 0 saturated carbocycles. The van der Waals surface area contributed by atoms with Gasteiger partial charge in [-0.25, -0.2) is 8.42 Å². The van der Waals surface area contributed by atoms with Gasteiger partial charge in [-0.05, 0) is 37.3 Å². The monoisotopic (exact) mass is 324 g/mol. The van der Waals surface area contributed by atoms with Gasteiger partial charge < -0.3 is 5.32 Å². The third-order valence-electron chi connectivity index (χ3n) is 4.02. The normalized spacial score (nSPS) is 17.3. The molecule has 1 amide bonds. The minimum atomic E-state index is -3.38. The summed E-state index contributed by atoms with van der Waals surface area (Å²) in [6.07, 6.45) is 2.98. The Hall–Kier alpha value is -1.40. The van der Waals surface area contributed by atoms with Crippen LogP contribution in [-0.4, -0.2) is 38.3 Å². The molecular formula is C16H24N2O3S. The summed E-state index contributed by atoms with van der Waals surface area (Å²) >= 11 is 0. The van der Waals surface area contributed by atoms with Crippen molar-refractivity contribution in [2.45, 2.75) is 37.5 Å². The summed E-state index contributed by atoms with van der Waals surface area (Å²) in [4.78, 5) is 11.8. The van der Waals surface area contributed by atoms with Crippen LogP contribution in [0.2, 0.25) is 0 Å². The van der Waals surface area contributed by atoms with Gasteiger partial charge in [-0.15, -0.1) is 0 Å². The molecule has 0 atom stereocenters. The lowest BCUT2D eigenvalue weighted by Crippen LogP contribution is -2.41. The van der Waals surface area contributed by atoms with Crippen LogP contribution in [0.4, 0.5) is 0 Å². The molecule has 0 aromatic heterocycles. The number of piperidine rings is 1. The summed E-state index contributed by atoms with van der Waals surface area (Å²) in [6.45, 7) is 3.67. The quantitative estimate of drug-likeness (QED) is 0.870. The maximum atomic E-state index is 12.5. The topological polar surface area (TPSA) is 66.5 Å². The van der Waals surface area contributed by atoms with Gasteiger partial charge in [-0.2, -0.15) is 4.31 Å². The number of carbonyl (C=O) groups is 1. The lowest BCUT2D eigenvalue weighted by molar-refractivity contribution is -0.121. The van der Waals surface area contributed by atoms with E-state index in [1.807, 2.05) is 13.0 Å². The molecule has 0 aliphatic carbocycles. The molecule has 1 aliphatic rings. The second-order valence-corrected chi connectivity index (χ2v) is 7.65. The van der Waals surface area contributed by atoms with Gasteiger partial charge >= 0.3 is 0 Å². The van der Waals surface area contributed by atoms with Crippen LogP contribution in [0.1, 0.15) is 32.6 Å². The molecule has 0 unspecified atom stereocenters. The van der Waals surface area contributed by atoms with Crippen molar-refractivity contribution in [3.63, 3.8) is 0 Å². The highest BCUT2D eigenvalue weighted by atomic mass is 32.2. The molecule has 1 aromatic rings. The fourth-order valence-corrected chi connectivity index (χ4v) is 4.16. The van der Waals surface area contributed by atoms with Crippen molar-refractivity contribution in [3.8, 4) is 0 Å². The lowest BCUT2D eigenvalue weighted by Gasteiger charge is -2.31. The molecule has 1 N–H and O–H groups in total. The Morgan fingerprint density at radius 1 is 1.23 bits per heavy atom. The van der Waals surface area contributed by atoms with Gasteiger partial charge in [-0.3, -0.25) is 4.79 Å². The second kappa shape index (κ2) is 7.74. The maximum Gasteiger partial charge on any atom is 0.243 e. The highest BCUT2D eigenvalue weighted by Crippen LogP contribution is 2.23. The van der Waals surface area contributed by atoms with Crippen molar-refractivity contribution in [3.05, 3.63) is 30.3 Å². The molecule has 1 aliphatic heterocycles. The SMILES string of the molecule is CCCC(=O)NCC1CCN(S(=O)(=O)c2ccccc2)CC1. The fraction of sp³-hybridized carbons (Fsp3) is 0.562. The first-order valence-electron chi connectivity index (χ1n) is 7.86.